The summed E-state index contributed by atoms with van der Waals surface area (Å²) in [7, 11) is 0. The molecule has 0 spiro atoms. The number of ether oxygens (including phenoxy) is 1. The average Bonchev–Trinajstić information content (AvgIpc) is 2.84. The van der Waals surface area contributed by atoms with Crippen LogP contribution in [0.4, 0.5) is 5.69 Å². The van der Waals surface area contributed by atoms with Crippen molar-refractivity contribution >= 4 is 5.69 Å². The van der Waals surface area contributed by atoms with Crippen molar-refractivity contribution in [3.8, 4) is 11.4 Å². The number of hydrogen-bond acceptors (Lipinski definition) is 4. The lowest BCUT2D eigenvalue weighted by Gasteiger charge is -2.15. The number of rotatable bonds is 5. The Kier molecular flexibility index (Phi) is 4.27. The standard InChI is InChI=1S/C15H22N4O/c1-5-13-17-14(6-2)19(18-13)11-8-7-9-12(15(11)16)20-10(3)4/h7-10H,5-6,16H2,1-4H3. The van der Waals surface area contributed by atoms with Gasteiger partial charge in [0.05, 0.1) is 11.8 Å². The molecule has 0 unspecified atom stereocenters. The molecule has 1 aromatic heterocycles. The summed E-state index contributed by atoms with van der Waals surface area (Å²) in [4.78, 5) is 4.51. The van der Waals surface area contributed by atoms with E-state index in [1.54, 1.807) is 0 Å². The van der Waals surface area contributed by atoms with Crippen LogP contribution in [0.25, 0.3) is 5.69 Å². The minimum atomic E-state index is 0.0835. The second-order valence-corrected chi connectivity index (χ2v) is 4.92. The summed E-state index contributed by atoms with van der Waals surface area (Å²) < 4.78 is 7.55. The van der Waals surface area contributed by atoms with Crippen LogP contribution in [-0.2, 0) is 12.8 Å². The monoisotopic (exact) mass is 274 g/mol. The molecule has 1 aromatic carbocycles. The quantitative estimate of drug-likeness (QED) is 0.851. The molecule has 0 fully saturated rings. The van der Waals surface area contributed by atoms with Crippen molar-refractivity contribution in [2.24, 2.45) is 0 Å². The summed E-state index contributed by atoms with van der Waals surface area (Å²) >= 11 is 0. The Labute approximate surface area is 119 Å². The van der Waals surface area contributed by atoms with Crippen LogP contribution in [0, 0.1) is 0 Å². The first-order valence-corrected chi connectivity index (χ1v) is 7.07. The van der Waals surface area contributed by atoms with Gasteiger partial charge in [-0.15, -0.1) is 0 Å². The van der Waals surface area contributed by atoms with Gasteiger partial charge in [0.2, 0.25) is 0 Å². The molecule has 0 radical (unpaired) electrons. The van der Waals surface area contributed by atoms with E-state index in [0.29, 0.717) is 11.4 Å². The minimum absolute atomic E-state index is 0.0835. The van der Waals surface area contributed by atoms with Gasteiger partial charge in [0.1, 0.15) is 17.3 Å². The Hall–Kier alpha value is -2.04. The molecular weight excluding hydrogens is 252 g/mol. The molecule has 20 heavy (non-hydrogen) atoms. The number of nitrogens with zero attached hydrogens (tertiary/aromatic N) is 3. The van der Waals surface area contributed by atoms with Crippen LogP contribution in [0.15, 0.2) is 18.2 Å². The fourth-order valence-corrected chi connectivity index (χ4v) is 2.04. The van der Waals surface area contributed by atoms with Crippen LogP contribution in [0.2, 0.25) is 0 Å². The number of para-hydroxylation sites is 1. The molecular formula is C15H22N4O. The Morgan fingerprint density at radius 2 is 2.00 bits per heavy atom. The zero-order valence-electron chi connectivity index (χ0n) is 12.6. The number of nitrogens with two attached hydrogens (primary N) is 1. The maximum Gasteiger partial charge on any atom is 0.151 e. The predicted octanol–water partition coefficient (Wildman–Crippen LogP) is 2.76. The Morgan fingerprint density at radius 3 is 2.60 bits per heavy atom. The van der Waals surface area contributed by atoms with E-state index in [1.165, 1.54) is 0 Å². The molecule has 2 aromatic rings. The number of nitrogen functional groups attached to an aromatic ring is 1. The summed E-state index contributed by atoms with van der Waals surface area (Å²) in [6, 6.07) is 5.74. The van der Waals surface area contributed by atoms with Gasteiger partial charge in [0.15, 0.2) is 5.82 Å². The van der Waals surface area contributed by atoms with Crippen LogP contribution < -0.4 is 10.5 Å². The molecule has 0 aliphatic rings. The zero-order valence-corrected chi connectivity index (χ0v) is 12.6. The normalized spacial score (nSPS) is 11.1. The van der Waals surface area contributed by atoms with Gasteiger partial charge >= 0.3 is 0 Å². The molecule has 0 saturated carbocycles. The molecule has 0 atom stereocenters. The third kappa shape index (κ3) is 2.76. The summed E-state index contributed by atoms with van der Waals surface area (Å²) in [6.07, 6.45) is 1.70. The lowest BCUT2D eigenvalue weighted by Crippen LogP contribution is -2.10. The first-order valence-electron chi connectivity index (χ1n) is 7.07. The third-order valence-electron chi connectivity index (χ3n) is 2.98. The molecule has 0 aliphatic heterocycles. The van der Waals surface area contributed by atoms with E-state index in [0.717, 1.165) is 30.2 Å². The maximum absolute atomic E-state index is 6.22. The largest absolute Gasteiger partial charge is 0.489 e. The molecule has 5 nitrogen and oxygen atoms in total. The molecule has 2 rings (SSSR count). The van der Waals surface area contributed by atoms with E-state index in [4.69, 9.17) is 10.5 Å². The van der Waals surface area contributed by atoms with Gasteiger partial charge in [-0.05, 0) is 26.0 Å². The molecule has 5 heteroatoms. The molecule has 108 valence electrons. The first kappa shape index (κ1) is 14.4. The first-order chi connectivity index (χ1) is 9.56. The summed E-state index contributed by atoms with van der Waals surface area (Å²) in [6.45, 7) is 8.06. The van der Waals surface area contributed by atoms with Crippen molar-refractivity contribution in [1.29, 1.82) is 0 Å². The van der Waals surface area contributed by atoms with Crippen LogP contribution >= 0.6 is 0 Å². The zero-order chi connectivity index (χ0) is 14.7. The van der Waals surface area contributed by atoms with E-state index < -0.39 is 0 Å². The van der Waals surface area contributed by atoms with E-state index >= 15 is 0 Å². The van der Waals surface area contributed by atoms with Crippen molar-refractivity contribution in [2.45, 2.75) is 46.6 Å². The fourth-order valence-electron chi connectivity index (χ4n) is 2.04. The van der Waals surface area contributed by atoms with Crippen molar-refractivity contribution in [3.63, 3.8) is 0 Å². The molecule has 0 bridgehead atoms. The fraction of sp³-hybridized carbons (Fsp3) is 0.467. The van der Waals surface area contributed by atoms with Gasteiger partial charge < -0.3 is 10.5 Å². The highest BCUT2D eigenvalue weighted by atomic mass is 16.5. The molecule has 0 aliphatic carbocycles. The summed E-state index contributed by atoms with van der Waals surface area (Å²) in [5.74, 6) is 2.43. The molecule has 0 saturated heterocycles. The van der Waals surface area contributed by atoms with Gasteiger partial charge in [0.25, 0.3) is 0 Å². The highest BCUT2D eigenvalue weighted by Crippen LogP contribution is 2.29. The van der Waals surface area contributed by atoms with Gasteiger partial charge in [-0.25, -0.2) is 9.67 Å². The van der Waals surface area contributed by atoms with Crippen molar-refractivity contribution < 1.29 is 4.74 Å². The van der Waals surface area contributed by atoms with Gasteiger partial charge in [-0.3, -0.25) is 0 Å². The van der Waals surface area contributed by atoms with E-state index in [-0.39, 0.29) is 6.10 Å². The van der Waals surface area contributed by atoms with Gasteiger partial charge in [-0.1, -0.05) is 19.9 Å². The van der Waals surface area contributed by atoms with Crippen molar-refractivity contribution in [1.82, 2.24) is 14.8 Å². The number of aryl methyl sites for hydroxylation is 2. The Balaban J connectivity index is 2.49. The summed E-state index contributed by atoms with van der Waals surface area (Å²) in [5.41, 5.74) is 7.65. The lowest BCUT2D eigenvalue weighted by molar-refractivity contribution is 0.244. The van der Waals surface area contributed by atoms with E-state index in [9.17, 15) is 0 Å². The Bertz CT molecular complexity index is 590. The van der Waals surface area contributed by atoms with E-state index in [2.05, 4.69) is 17.0 Å². The van der Waals surface area contributed by atoms with Crippen LogP contribution in [0.3, 0.4) is 0 Å². The smallest absolute Gasteiger partial charge is 0.151 e. The summed E-state index contributed by atoms with van der Waals surface area (Å²) in [5, 5.41) is 4.52. The van der Waals surface area contributed by atoms with E-state index in [1.807, 2.05) is 43.7 Å². The number of anilines is 1. The highest BCUT2D eigenvalue weighted by Gasteiger charge is 2.14. The molecule has 2 N–H and O–H groups in total. The molecule has 1 heterocycles. The highest BCUT2D eigenvalue weighted by molar-refractivity contribution is 5.66. The van der Waals surface area contributed by atoms with Crippen molar-refractivity contribution in [3.05, 3.63) is 29.8 Å². The van der Waals surface area contributed by atoms with Gasteiger partial charge in [0, 0.05) is 12.8 Å². The SMILES string of the molecule is CCc1nc(CC)n(-c2cccc(OC(C)C)c2N)n1. The third-order valence-corrected chi connectivity index (χ3v) is 2.98. The number of aromatic nitrogens is 3. The number of benzene rings is 1. The second kappa shape index (κ2) is 5.94. The predicted molar refractivity (Wildman–Crippen MR) is 80.3 cm³/mol. The lowest BCUT2D eigenvalue weighted by atomic mass is 10.2. The van der Waals surface area contributed by atoms with Crippen LogP contribution in [0.5, 0.6) is 5.75 Å². The number of hydrogen-bond donors (Lipinski definition) is 1. The maximum atomic E-state index is 6.22. The van der Waals surface area contributed by atoms with Crippen LogP contribution in [0.1, 0.15) is 39.3 Å². The van der Waals surface area contributed by atoms with Gasteiger partial charge in [-0.2, -0.15) is 5.10 Å². The molecule has 0 amide bonds. The second-order valence-electron chi connectivity index (χ2n) is 4.92. The topological polar surface area (TPSA) is 66.0 Å². The van der Waals surface area contributed by atoms with Crippen LogP contribution in [-0.4, -0.2) is 20.9 Å². The average molecular weight is 274 g/mol. The van der Waals surface area contributed by atoms with Crippen molar-refractivity contribution in [2.75, 3.05) is 5.73 Å². The minimum Gasteiger partial charge on any atom is -0.489 e. The Morgan fingerprint density at radius 1 is 1.25 bits per heavy atom.